The van der Waals surface area contributed by atoms with E-state index in [2.05, 4.69) is 21.9 Å². The third-order valence-electron chi connectivity index (χ3n) is 2.69. The molecule has 2 heterocycles. The van der Waals surface area contributed by atoms with E-state index in [0.29, 0.717) is 5.88 Å². The summed E-state index contributed by atoms with van der Waals surface area (Å²) in [6, 6.07) is 0. The van der Waals surface area contributed by atoms with Gasteiger partial charge in [0.2, 0.25) is 11.2 Å². The van der Waals surface area contributed by atoms with Crippen molar-refractivity contribution >= 4 is 11.6 Å². The summed E-state index contributed by atoms with van der Waals surface area (Å²) in [5.74, 6) is 0.625. The van der Waals surface area contributed by atoms with E-state index in [4.69, 9.17) is 16.3 Å². The van der Waals surface area contributed by atoms with Crippen molar-refractivity contribution in [3.63, 3.8) is 0 Å². The van der Waals surface area contributed by atoms with Crippen LogP contribution in [-0.2, 0) is 12.8 Å². The van der Waals surface area contributed by atoms with E-state index >= 15 is 0 Å². The second-order valence-corrected chi connectivity index (χ2v) is 4.07. The molecule has 0 fully saturated rings. The van der Waals surface area contributed by atoms with Crippen LogP contribution in [0.5, 0.6) is 5.88 Å². The third kappa shape index (κ3) is 2.21. The fraction of sp³-hybridized carbons (Fsp3) is 0.600. The Balaban J connectivity index is 2.41. The van der Waals surface area contributed by atoms with Gasteiger partial charge in [0, 0.05) is 25.1 Å². The van der Waals surface area contributed by atoms with Crippen LogP contribution >= 0.6 is 11.6 Å². The van der Waals surface area contributed by atoms with Gasteiger partial charge in [0.15, 0.2) is 0 Å². The summed E-state index contributed by atoms with van der Waals surface area (Å²) in [6.07, 6.45) is 1.83. The van der Waals surface area contributed by atoms with E-state index in [1.165, 1.54) is 0 Å². The van der Waals surface area contributed by atoms with E-state index in [1.54, 1.807) is 7.11 Å². The first-order chi connectivity index (χ1) is 7.20. The zero-order valence-electron chi connectivity index (χ0n) is 8.96. The highest BCUT2D eigenvalue weighted by molar-refractivity contribution is 6.28. The summed E-state index contributed by atoms with van der Waals surface area (Å²) < 4.78 is 5.23. The van der Waals surface area contributed by atoms with E-state index in [9.17, 15) is 0 Å². The SMILES string of the molecule is COc1nc(Cl)nc2c1CCN(C)CC2. The van der Waals surface area contributed by atoms with Gasteiger partial charge < -0.3 is 9.64 Å². The molecule has 0 spiro atoms. The van der Waals surface area contributed by atoms with Gasteiger partial charge in [-0.15, -0.1) is 0 Å². The molecule has 1 aliphatic rings. The fourth-order valence-corrected chi connectivity index (χ4v) is 2.00. The van der Waals surface area contributed by atoms with E-state index < -0.39 is 0 Å². The number of ether oxygens (including phenoxy) is 1. The number of methoxy groups -OCH3 is 1. The van der Waals surface area contributed by atoms with Crippen molar-refractivity contribution in [2.45, 2.75) is 12.8 Å². The fourth-order valence-electron chi connectivity index (χ4n) is 1.82. The molecule has 4 nitrogen and oxygen atoms in total. The second kappa shape index (κ2) is 4.33. The first kappa shape index (κ1) is 10.6. The smallest absolute Gasteiger partial charge is 0.225 e. The number of hydrogen-bond acceptors (Lipinski definition) is 4. The molecular weight excluding hydrogens is 214 g/mol. The van der Waals surface area contributed by atoms with Crippen LogP contribution in [0.4, 0.5) is 0 Å². The van der Waals surface area contributed by atoms with Crippen LogP contribution in [0.15, 0.2) is 0 Å². The molecule has 0 saturated heterocycles. The van der Waals surface area contributed by atoms with Crippen molar-refractivity contribution in [2.75, 3.05) is 27.2 Å². The highest BCUT2D eigenvalue weighted by Gasteiger charge is 2.18. The van der Waals surface area contributed by atoms with Crippen LogP contribution in [0.1, 0.15) is 11.3 Å². The molecule has 0 N–H and O–H groups in total. The van der Waals surface area contributed by atoms with Crippen LogP contribution in [-0.4, -0.2) is 42.1 Å². The maximum atomic E-state index is 5.83. The number of rotatable bonds is 1. The maximum absolute atomic E-state index is 5.83. The molecule has 0 unspecified atom stereocenters. The minimum Gasteiger partial charge on any atom is -0.481 e. The molecule has 0 atom stereocenters. The molecule has 1 aromatic heterocycles. The van der Waals surface area contributed by atoms with Gasteiger partial charge in [-0.05, 0) is 25.1 Å². The molecule has 0 aromatic carbocycles. The van der Waals surface area contributed by atoms with Crippen molar-refractivity contribution in [3.05, 3.63) is 16.5 Å². The summed E-state index contributed by atoms with van der Waals surface area (Å²) in [4.78, 5) is 10.6. The lowest BCUT2D eigenvalue weighted by Gasteiger charge is -2.11. The van der Waals surface area contributed by atoms with Crippen LogP contribution in [0.2, 0.25) is 5.28 Å². The molecule has 0 bridgehead atoms. The lowest BCUT2D eigenvalue weighted by atomic mass is 10.1. The zero-order valence-corrected chi connectivity index (χ0v) is 9.71. The van der Waals surface area contributed by atoms with Crippen LogP contribution < -0.4 is 4.74 Å². The molecule has 0 radical (unpaired) electrons. The number of halogens is 1. The second-order valence-electron chi connectivity index (χ2n) is 3.73. The van der Waals surface area contributed by atoms with Gasteiger partial charge in [0.25, 0.3) is 0 Å². The monoisotopic (exact) mass is 227 g/mol. The van der Waals surface area contributed by atoms with Gasteiger partial charge in [0.05, 0.1) is 12.8 Å². The first-order valence-corrected chi connectivity index (χ1v) is 5.36. The molecule has 15 heavy (non-hydrogen) atoms. The summed E-state index contributed by atoms with van der Waals surface area (Å²) >= 11 is 5.83. The third-order valence-corrected chi connectivity index (χ3v) is 2.86. The highest BCUT2D eigenvalue weighted by atomic mass is 35.5. The summed E-state index contributed by atoms with van der Waals surface area (Å²) in [5.41, 5.74) is 2.13. The Bertz CT molecular complexity index is 370. The van der Waals surface area contributed by atoms with Crippen LogP contribution in [0.3, 0.4) is 0 Å². The Morgan fingerprint density at radius 1 is 1.27 bits per heavy atom. The molecule has 5 heteroatoms. The predicted octanol–water partition coefficient (Wildman–Crippen LogP) is 1.17. The van der Waals surface area contributed by atoms with Crippen LogP contribution in [0.25, 0.3) is 0 Å². The molecule has 0 amide bonds. The van der Waals surface area contributed by atoms with Crippen molar-refractivity contribution in [2.24, 2.45) is 0 Å². The lowest BCUT2D eigenvalue weighted by molar-refractivity contribution is 0.349. The zero-order chi connectivity index (χ0) is 10.8. The molecule has 0 aliphatic carbocycles. The van der Waals surface area contributed by atoms with Gasteiger partial charge in [0.1, 0.15) is 0 Å². The van der Waals surface area contributed by atoms with Crippen molar-refractivity contribution in [1.29, 1.82) is 0 Å². The Kier molecular flexibility index (Phi) is 3.07. The van der Waals surface area contributed by atoms with E-state index in [1.807, 2.05) is 0 Å². The summed E-state index contributed by atoms with van der Waals surface area (Å²) in [6.45, 7) is 2.01. The molecule has 0 saturated carbocycles. The molecular formula is C10H14ClN3O. The minimum absolute atomic E-state index is 0.273. The molecule has 1 aromatic rings. The van der Waals surface area contributed by atoms with Gasteiger partial charge in [-0.25, -0.2) is 4.98 Å². The van der Waals surface area contributed by atoms with Crippen molar-refractivity contribution in [3.8, 4) is 5.88 Å². The number of nitrogens with zero attached hydrogens (tertiary/aromatic N) is 3. The molecule has 82 valence electrons. The standard InChI is InChI=1S/C10H14ClN3O/c1-14-5-3-7-8(4-6-14)12-10(11)13-9(7)15-2/h3-6H2,1-2H3. The Morgan fingerprint density at radius 3 is 2.73 bits per heavy atom. The van der Waals surface area contributed by atoms with Crippen molar-refractivity contribution < 1.29 is 4.74 Å². The first-order valence-electron chi connectivity index (χ1n) is 4.98. The van der Waals surface area contributed by atoms with Gasteiger partial charge in [-0.1, -0.05) is 0 Å². The quantitative estimate of drug-likeness (QED) is 0.676. The largest absolute Gasteiger partial charge is 0.481 e. The Morgan fingerprint density at radius 2 is 2.00 bits per heavy atom. The highest BCUT2D eigenvalue weighted by Crippen LogP contribution is 2.23. The van der Waals surface area contributed by atoms with Gasteiger partial charge in [-0.3, -0.25) is 0 Å². The van der Waals surface area contributed by atoms with Gasteiger partial charge in [-0.2, -0.15) is 4.98 Å². The minimum atomic E-state index is 0.273. The number of hydrogen-bond donors (Lipinski definition) is 0. The van der Waals surface area contributed by atoms with Gasteiger partial charge >= 0.3 is 0 Å². The summed E-state index contributed by atoms with van der Waals surface area (Å²) in [5, 5.41) is 0.273. The number of aromatic nitrogens is 2. The van der Waals surface area contributed by atoms with Crippen molar-refractivity contribution in [1.82, 2.24) is 14.9 Å². The van der Waals surface area contributed by atoms with E-state index in [-0.39, 0.29) is 5.28 Å². The lowest BCUT2D eigenvalue weighted by Crippen LogP contribution is -2.20. The average Bonchev–Trinajstić information content (AvgIpc) is 2.40. The topological polar surface area (TPSA) is 38.3 Å². The predicted molar refractivity (Wildman–Crippen MR) is 58.5 cm³/mol. The average molecular weight is 228 g/mol. The Hall–Kier alpha value is -0.870. The van der Waals surface area contributed by atoms with Crippen LogP contribution in [0, 0.1) is 0 Å². The normalized spacial score (nSPS) is 17.0. The number of likely N-dealkylation sites (N-methyl/N-ethyl adjacent to an activating group) is 1. The Labute approximate surface area is 94.2 Å². The molecule has 2 rings (SSSR count). The summed E-state index contributed by atoms with van der Waals surface area (Å²) in [7, 11) is 3.72. The van der Waals surface area contributed by atoms with E-state index in [0.717, 1.165) is 37.2 Å². The number of fused-ring (bicyclic) bond motifs is 1. The molecule has 1 aliphatic heterocycles. The maximum Gasteiger partial charge on any atom is 0.225 e.